The van der Waals surface area contributed by atoms with Gasteiger partial charge in [0.1, 0.15) is 30.5 Å². The van der Waals surface area contributed by atoms with Crippen molar-refractivity contribution < 1.29 is 29.3 Å². The lowest BCUT2D eigenvalue weighted by Gasteiger charge is -2.27. The van der Waals surface area contributed by atoms with Crippen LogP contribution in [-0.4, -0.2) is 58.3 Å². The fraction of sp³-hybridized carbons (Fsp3) is 0.423. The van der Waals surface area contributed by atoms with E-state index in [2.05, 4.69) is 10.6 Å². The van der Waals surface area contributed by atoms with Crippen molar-refractivity contribution in [3.63, 3.8) is 0 Å². The maximum absolute atomic E-state index is 13.2. The molecular weight excluding hydrogens is 486 g/mol. The van der Waals surface area contributed by atoms with Crippen molar-refractivity contribution in [2.24, 2.45) is 5.92 Å². The number of aliphatic hydroxyl groups is 2. The van der Waals surface area contributed by atoms with E-state index in [1.165, 1.54) is 0 Å². The normalized spacial score (nSPS) is 16.7. The van der Waals surface area contributed by atoms with E-state index in [0.717, 1.165) is 10.5 Å². The molecule has 1 aliphatic heterocycles. The van der Waals surface area contributed by atoms with Gasteiger partial charge in [-0.25, -0.2) is 9.69 Å². The molecule has 36 heavy (non-hydrogen) atoms. The SMILES string of the molecule is CC.Cc1ccc(NC(=O)C(C(C)C)N2C(=O)N[C@H](c3ccc(OCC(O)CO)cc3)C2=O)c(Cl)c1. The number of ether oxygens (including phenoxy) is 1. The van der Waals surface area contributed by atoms with E-state index >= 15 is 0 Å². The van der Waals surface area contributed by atoms with E-state index in [4.69, 9.17) is 21.4 Å². The molecule has 0 radical (unpaired) electrons. The van der Waals surface area contributed by atoms with Crippen LogP contribution in [0.1, 0.15) is 44.9 Å². The molecule has 4 N–H and O–H groups in total. The molecule has 1 heterocycles. The molecule has 0 spiro atoms. The Kier molecular flexibility index (Phi) is 10.7. The zero-order chi connectivity index (χ0) is 27.0. The van der Waals surface area contributed by atoms with Gasteiger partial charge in [0, 0.05) is 0 Å². The van der Waals surface area contributed by atoms with Gasteiger partial charge in [-0.15, -0.1) is 0 Å². The maximum Gasteiger partial charge on any atom is 0.325 e. The largest absolute Gasteiger partial charge is 0.491 e. The standard InChI is InChI=1S/C24H28ClN3O6.C2H6/c1-13(2)21(22(31)26-19-9-4-14(3)10-18(19)25)28-23(32)20(27-24(28)33)15-5-7-17(8-6-15)34-12-16(30)11-29;1-2/h4-10,13,16,20-21,29-30H,11-12H2,1-3H3,(H,26,31)(H,27,33);1-2H3/t16?,20-,21?;/m1./s1. The summed E-state index contributed by atoms with van der Waals surface area (Å²) in [5.41, 5.74) is 1.84. The molecular formula is C26H34ClN3O6. The number of carbonyl (C=O) groups is 3. The van der Waals surface area contributed by atoms with Crippen molar-refractivity contribution in [2.75, 3.05) is 18.5 Å². The molecule has 4 amide bonds. The highest BCUT2D eigenvalue weighted by Gasteiger charge is 2.46. The van der Waals surface area contributed by atoms with Gasteiger partial charge in [-0.1, -0.05) is 57.5 Å². The van der Waals surface area contributed by atoms with Crippen LogP contribution < -0.4 is 15.4 Å². The number of urea groups is 1. The number of halogens is 1. The Bertz CT molecular complexity index is 1060. The summed E-state index contributed by atoms with van der Waals surface area (Å²) in [6.45, 7) is 8.87. The molecule has 2 unspecified atom stereocenters. The summed E-state index contributed by atoms with van der Waals surface area (Å²) in [6.07, 6.45) is -1.00. The number of imide groups is 1. The average Bonchev–Trinajstić information content (AvgIpc) is 3.14. The Morgan fingerprint density at radius 2 is 1.81 bits per heavy atom. The number of amides is 4. The highest BCUT2D eigenvalue weighted by atomic mass is 35.5. The van der Waals surface area contributed by atoms with Gasteiger partial charge in [0.2, 0.25) is 5.91 Å². The van der Waals surface area contributed by atoms with Crippen molar-refractivity contribution in [3.8, 4) is 5.75 Å². The molecule has 3 atom stereocenters. The predicted molar refractivity (Wildman–Crippen MR) is 138 cm³/mol. The summed E-state index contributed by atoms with van der Waals surface area (Å²) in [4.78, 5) is 40.0. The van der Waals surface area contributed by atoms with Crippen LogP contribution >= 0.6 is 11.6 Å². The molecule has 1 aliphatic rings. The van der Waals surface area contributed by atoms with Crippen LogP contribution in [0.4, 0.5) is 10.5 Å². The van der Waals surface area contributed by atoms with E-state index in [1.807, 2.05) is 20.8 Å². The third kappa shape index (κ3) is 6.96. The van der Waals surface area contributed by atoms with Crippen molar-refractivity contribution >= 4 is 35.1 Å². The second-order valence-corrected chi connectivity index (χ2v) is 8.88. The van der Waals surface area contributed by atoms with Crippen molar-refractivity contribution in [1.29, 1.82) is 0 Å². The fourth-order valence-electron chi connectivity index (χ4n) is 3.63. The molecule has 0 bridgehead atoms. The topological polar surface area (TPSA) is 128 Å². The first-order valence-corrected chi connectivity index (χ1v) is 12.2. The van der Waals surface area contributed by atoms with Crippen LogP contribution in [0.25, 0.3) is 0 Å². The highest BCUT2D eigenvalue weighted by Crippen LogP contribution is 2.29. The number of hydrogen-bond acceptors (Lipinski definition) is 6. The molecule has 1 saturated heterocycles. The number of aliphatic hydroxyl groups excluding tert-OH is 2. The zero-order valence-electron chi connectivity index (χ0n) is 21.1. The molecule has 196 valence electrons. The number of carbonyl (C=O) groups excluding carboxylic acids is 3. The molecule has 10 heteroatoms. The van der Waals surface area contributed by atoms with Gasteiger partial charge >= 0.3 is 6.03 Å². The first-order chi connectivity index (χ1) is 17.1. The first-order valence-electron chi connectivity index (χ1n) is 11.8. The second kappa shape index (κ2) is 13.2. The molecule has 1 fully saturated rings. The first kappa shape index (κ1) is 29.1. The van der Waals surface area contributed by atoms with E-state index in [0.29, 0.717) is 22.0 Å². The van der Waals surface area contributed by atoms with Crippen molar-refractivity contribution in [1.82, 2.24) is 10.2 Å². The summed E-state index contributed by atoms with van der Waals surface area (Å²) < 4.78 is 5.36. The summed E-state index contributed by atoms with van der Waals surface area (Å²) in [5.74, 6) is -0.986. The van der Waals surface area contributed by atoms with Gasteiger partial charge in [-0.2, -0.15) is 0 Å². The minimum atomic E-state index is -1.04. The van der Waals surface area contributed by atoms with Crippen molar-refractivity contribution in [3.05, 3.63) is 58.6 Å². The summed E-state index contributed by atoms with van der Waals surface area (Å²) in [5, 5.41) is 24.0. The van der Waals surface area contributed by atoms with Crippen LogP contribution in [0.2, 0.25) is 5.02 Å². The van der Waals surface area contributed by atoms with Crippen LogP contribution in [-0.2, 0) is 9.59 Å². The highest BCUT2D eigenvalue weighted by molar-refractivity contribution is 6.33. The lowest BCUT2D eigenvalue weighted by molar-refractivity contribution is -0.135. The number of anilines is 1. The van der Waals surface area contributed by atoms with E-state index < -0.39 is 42.6 Å². The van der Waals surface area contributed by atoms with Gasteiger partial charge in [0.15, 0.2) is 0 Å². The monoisotopic (exact) mass is 519 g/mol. The average molecular weight is 520 g/mol. The molecule has 3 rings (SSSR count). The minimum absolute atomic E-state index is 0.0844. The van der Waals surface area contributed by atoms with Crippen molar-refractivity contribution in [2.45, 2.75) is 52.8 Å². The fourth-order valence-corrected chi connectivity index (χ4v) is 3.91. The molecule has 0 aliphatic carbocycles. The lowest BCUT2D eigenvalue weighted by atomic mass is 10.00. The number of benzene rings is 2. The Morgan fingerprint density at radius 1 is 1.17 bits per heavy atom. The Labute approximate surface area is 216 Å². The predicted octanol–water partition coefficient (Wildman–Crippen LogP) is 3.66. The smallest absolute Gasteiger partial charge is 0.325 e. The molecule has 2 aromatic carbocycles. The summed E-state index contributed by atoms with van der Waals surface area (Å²) >= 11 is 6.23. The maximum atomic E-state index is 13.2. The van der Waals surface area contributed by atoms with Gasteiger partial charge in [0.05, 0.1) is 17.3 Å². The van der Waals surface area contributed by atoms with Gasteiger partial charge in [-0.05, 0) is 48.2 Å². The van der Waals surface area contributed by atoms with Crippen LogP contribution in [0.5, 0.6) is 5.75 Å². The van der Waals surface area contributed by atoms with Crippen LogP contribution in [0.3, 0.4) is 0 Å². The Balaban J connectivity index is 0.00000222. The van der Waals surface area contributed by atoms with E-state index in [9.17, 15) is 19.5 Å². The number of aryl methyl sites for hydroxylation is 1. The van der Waals surface area contributed by atoms with Crippen LogP contribution in [0, 0.1) is 12.8 Å². The summed E-state index contributed by atoms with van der Waals surface area (Å²) in [7, 11) is 0. The third-order valence-electron chi connectivity index (χ3n) is 5.40. The van der Waals surface area contributed by atoms with Gasteiger partial charge in [0.25, 0.3) is 5.91 Å². The molecule has 2 aromatic rings. The zero-order valence-corrected chi connectivity index (χ0v) is 21.9. The van der Waals surface area contributed by atoms with Gasteiger partial charge in [-0.3, -0.25) is 9.59 Å². The lowest BCUT2D eigenvalue weighted by Crippen LogP contribution is -2.50. The van der Waals surface area contributed by atoms with Crippen LogP contribution in [0.15, 0.2) is 42.5 Å². The quantitative estimate of drug-likeness (QED) is 0.374. The molecule has 0 aromatic heterocycles. The summed E-state index contributed by atoms with van der Waals surface area (Å²) in [6, 6.07) is 8.93. The molecule has 0 saturated carbocycles. The Hall–Kier alpha value is -3.14. The number of nitrogens with one attached hydrogen (secondary N) is 2. The minimum Gasteiger partial charge on any atom is -0.491 e. The third-order valence-corrected chi connectivity index (χ3v) is 5.71. The number of nitrogens with zero attached hydrogens (tertiary/aromatic N) is 1. The van der Waals surface area contributed by atoms with E-state index in [1.54, 1.807) is 56.3 Å². The Morgan fingerprint density at radius 3 is 2.36 bits per heavy atom. The van der Waals surface area contributed by atoms with Gasteiger partial charge < -0.3 is 25.6 Å². The molecule has 9 nitrogen and oxygen atoms in total. The number of rotatable bonds is 9. The second-order valence-electron chi connectivity index (χ2n) is 8.47. The van der Waals surface area contributed by atoms with E-state index in [-0.39, 0.29) is 12.5 Å². The number of hydrogen-bond donors (Lipinski definition) is 4.